The molecule has 7 N–H and O–H groups in total. The van der Waals surface area contributed by atoms with Crippen LogP contribution < -0.4 is 31.4 Å². The summed E-state index contributed by atoms with van der Waals surface area (Å²) in [5.74, 6) is -7.81. The summed E-state index contributed by atoms with van der Waals surface area (Å²) in [6.45, 7) is 7.31. The van der Waals surface area contributed by atoms with E-state index in [0.717, 1.165) is 6.07 Å². The molecule has 2 amide bonds. The summed E-state index contributed by atoms with van der Waals surface area (Å²) in [4.78, 5) is 34.8. The first-order chi connectivity index (χ1) is 19.6. The van der Waals surface area contributed by atoms with Crippen LogP contribution in [0.15, 0.2) is 72.3 Å². The van der Waals surface area contributed by atoms with Crippen molar-refractivity contribution >= 4 is 40.9 Å². The molecule has 0 radical (unpaired) electrons. The number of aliphatic carboxylic acids is 1. The molecule has 0 bridgehead atoms. The maximum Gasteiger partial charge on any atom is 0.374 e. The molecule has 0 aliphatic carbocycles. The number of carbonyl (C=O) groups excluding carboxylic acids is 2. The lowest BCUT2D eigenvalue weighted by Crippen LogP contribution is -2.46. The summed E-state index contributed by atoms with van der Waals surface area (Å²) in [5.41, 5.74) is 10.7. The van der Waals surface area contributed by atoms with Crippen LogP contribution in [0.2, 0.25) is 0 Å². The smallest absolute Gasteiger partial charge is 0.374 e. The highest BCUT2D eigenvalue weighted by Gasteiger charge is 2.31. The third kappa shape index (κ3) is 10.2. The average molecular weight is 612 g/mol. The van der Waals surface area contributed by atoms with Crippen molar-refractivity contribution in [3.63, 3.8) is 0 Å². The SMILES string of the molecule is C=C/C=C(\C(=C)Cl)C(=O)NNC(=O)C(Nc1ccc(C(=N)N)cc1)c1cc(OC)c(OC)cc1F.CC(F)(F)C(=O)O. The van der Waals surface area contributed by atoms with Crippen LogP contribution >= 0.6 is 11.6 Å². The standard InChI is InChI=1S/C24H25ClFN5O4.C3H4F2O2/c1-5-6-16(13(2)25)23(32)30-31-24(33)21(29-15-9-7-14(8-10-15)22(27)28)17-11-19(34-3)20(35-4)12-18(17)26;1-3(4,5)2(6)7/h5-12,21,29H,1-2H2,3-4H3,(H3,27,28)(H,30,32)(H,31,33);1H3,(H,6,7)/b16-6+;. The number of carbonyl (C=O) groups is 3. The Morgan fingerprint density at radius 3 is 2.07 bits per heavy atom. The number of methoxy groups -OCH3 is 2. The molecule has 11 nitrogen and oxygen atoms in total. The van der Waals surface area contributed by atoms with Gasteiger partial charge >= 0.3 is 11.9 Å². The van der Waals surface area contributed by atoms with Gasteiger partial charge in [0.05, 0.1) is 19.8 Å². The van der Waals surface area contributed by atoms with E-state index in [1.165, 1.54) is 32.4 Å². The maximum absolute atomic E-state index is 15.0. The molecule has 15 heteroatoms. The van der Waals surface area contributed by atoms with Crippen molar-refractivity contribution in [2.24, 2.45) is 5.73 Å². The van der Waals surface area contributed by atoms with Crippen molar-refractivity contribution in [2.45, 2.75) is 18.9 Å². The number of benzene rings is 2. The number of anilines is 1. The number of alkyl halides is 2. The van der Waals surface area contributed by atoms with Crippen LogP contribution in [-0.4, -0.2) is 48.9 Å². The Kier molecular flexibility index (Phi) is 13.1. The van der Waals surface area contributed by atoms with Gasteiger partial charge in [-0.05, 0) is 36.4 Å². The van der Waals surface area contributed by atoms with Crippen LogP contribution in [0.1, 0.15) is 24.1 Å². The number of amides is 2. The Morgan fingerprint density at radius 2 is 1.64 bits per heavy atom. The average Bonchev–Trinajstić information content (AvgIpc) is 2.93. The third-order valence-electron chi connectivity index (χ3n) is 5.08. The largest absolute Gasteiger partial charge is 0.493 e. The second kappa shape index (κ2) is 15.7. The van der Waals surface area contributed by atoms with Gasteiger partial charge in [0.25, 0.3) is 11.8 Å². The molecule has 0 saturated heterocycles. The van der Waals surface area contributed by atoms with Gasteiger partial charge in [-0.1, -0.05) is 30.8 Å². The topological polar surface area (TPSA) is 176 Å². The van der Waals surface area contributed by atoms with Gasteiger partial charge in [0.1, 0.15) is 17.7 Å². The quantitative estimate of drug-likeness (QED) is 0.0726. The molecule has 0 fully saturated rings. The summed E-state index contributed by atoms with van der Waals surface area (Å²) < 4.78 is 47.9. The zero-order valence-electron chi connectivity index (χ0n) is 22.7. The number of carboxylic acids is 1. The molecule has 0 aliphatic rings. The Labute approximate surface area is 244 Å². The van der Waals surface area contributed by atoms with Crippen LogP contribution in [0.4, 0.5) is 18.9 Å². The Hall–Kier alpha value is -4.98. The fraction of sp³-hybridized carbons (Fsp3) is 0.185. The van der Waals surface area contributed by atoms with Crippen LogP contribution in [0.5, 0.6) is 11.5 Å². The van der Waals surface area contributed by atoms with Gasteiger partial charge < -0.3 is 25.6 Å². The van der Waals surface area contributed by atoms with Gasteiger partial charge in [-0.3, -0.25) is 25.8 Å². The number of allylic oxidation sites excluding steroid dienone is 2. The van der Waals surface area contributed by atoms with Crippen molar-refractivity contribution < 1.29 is 42.1 Å². The summed E-state index contributed by atoms with van der Waals surface area (Å²) in [6.07, 6.45) is 2.65. The number of hydrogen-bond donors (Lipinski definition) is 6. The molecule has 0 spiro atoms. The fourth-order valence-electron chi connectivity index (χ4n) is 2.95. The molecule has 226 valence electrons. The zero-order valence-corrected chi connectivity index (χ0v) is 23.4. The second-order valence-electron chi connectivity index (χ2n) is 8.15. The summed E-state index contributed by atoms with van der Waals surface area (Å²) in [5, 5.41) is 17.8. The molecular weight excluding hydrogens is 583 g/mol. The predicted octanol–water partition coefficient (Wildman–Crippen LogP) is 4.02. The Morgan fingerprint density at radius 1 is 1.12 bits per heavy atom. The molecule has 42 heavy (non-hydrogen) atoms. The number of halogens is 4. The second-order valence-corrected chi connectivity index (χ2v) is 8.61. The molecular formula is C27H29ClF3N5O6. The highest BCUT2D eigenvalue weighted by molar-refractivity contribution is 6.35. The maximum atomic E-state index is 15.0. The number of amidine groups is 1. The summed E-state index contributed by atoms with van der Waals surface area (Å²) in [7, 11) is 2.72. The van der Waals surface area contributed by atoms with E-state index in [9.17, 15) is 23.2 Å². The minimum atomic E-state index is -3.58. The van der Waals surface area contributed by atoms with Crippen molar-refractivity contribution in [1.29, 1.82) is 5.41 Å². The minimum absolute atomic E-state index is 0.0244. The normalized spacial score (nSPS) is 11.5. The number of hydrogen-bond acceptors (Lipinski definition) is 7. The molecule has 0 aliphatic heterocycles. The Balaban J connectivity index is 0.00000112. The number of rotatable bonds is 11. The van der Waals surface area contributed by atoms with Crippen LogP contribution in [-0.2, 0) is 14.4 Å². The van der Waals surface area contributed by atoms with E-state index in [1.54, 1.807) is 24.3 Å². The van der Waals surface area contributed by atoms with E-state index in [1.807, 2.05) is 0 Å². The minimum Gasteiger partial charge on any atom is -0.493 e. The summed E-state index contributed by atoms with van der Waals surface area (Å²) >= 11 is 5.82. The number of carboxylic acid groups (broad SMARTS) is 1. The molecule has 0 heterocycles. The first kappa shape index (κ1) is 35.0. The van der Waals surface area contributed by atoms with E-state index < -0.39 is 35.6 Å². The number of nitrogens with one attached hydrogen (secondary N) is 4. The molecule has 2 aromatic carbocycles. The van der Waals surface area contributed by atoms with E-state index >= 15 is 4.39 Å². The fourth-order valence-corrected chi connectivity index (χ4v) is 3.10. The van der Waals surface area contributed by atoms with Crippen molar-refractivity contribution in [2.75, 3.05) is 19.5 Å². The van der Waals surface area contributed by atoms with Crippen LogP contribution in [0.25, 0.3) is 0 Å². The molecule has 1 unspecified atom stereocenters. The number of nitrogens with two attached hydrogens (primary N) is 1. The molecule has 0 aromatic heterocycles. The lowest BCUT2D eigenvalue weighted by atomic mass is 10.0. The van der Waals surface area contributed by atoms with Crippen molar-refractivity contribution in [3.8, 4) is 11.5 Å². The van der Waals surface area contributed by atoms with E-state index in [2.05, 4.69) is 29.3 Å². The molecule has 0 saturated carbocycles. The van der Waals surface area contributed by atoms with E-state index in [4.69, 9.17) is 37.3 Å². The van der Waals surface area contributed by atoms with Gasteiger partial charge in [-0.15, -0.1) is 0 Å². The zero-order chi connectivity index (χ0) is 32.2. The van der Waals surface area contributed by atoms with Crippen LogP contribution in [0, 0.1) is 11.2 Å². The molecule has 2 aromatic rings. The van der Waals surface area contributed by atoms with E-state index in [-0.39, 0.29) is 33.5 Å². The van der Waals surface area contributed by atoms with Gasteiger partial charge in [0, 0.05) is 34.8 Å². The van der Waals surface area contributed by atoms with Crippen LogP contribution in [0.3, 0.4) is 0 Å². The van der Waals surface area contributed by atoms with Gasteiger partial charge in [-0.25, -0.2) is 9.18 Å². The molecule has 1 atom stereocenters. The van der Waals surface area contributed by atoms with Gasteiger partial charge in [0.2, 0.25) is 0 Å². The van der Waals surface area contributed by atoms with Gasteiger partial charge in [-0.2, -0.15) is 8.78 Å². The number of hydrazine groups is 1. The monoisotopic (exact) mass is 611 g/mol. The lowest BCUT2D eigenvalue weighted by molar-refractivity contribution is -0.161. The molecule has 2 rings (SSSR count). The van der Waals surface area contributed by atoms with Crippen molar-refractivity contribution in [1.82, 2.24) is 10.9 Å². The predicted molar refractivity (Wildman–Crippen MR) is 151 cm³/mol. The Bertz CT molecular complexity index is 1380. The summed E-state index contributed by atoms with van der Waals surface area (Å²) in [6, 6.07) is 7.31. The first-order valence-corrected chi connectivity index (χ1v) is 12.0. The van der Waals surface area contributed by atoms with Crippen molar-refractivity contribution in [3.05, 3.63) is 89.3 Å². The van der Waals surface area contributed by atoms with E-state index in [0.29, 0.717) is 18.2 Å². The third-order valence-corrected chi connectivity index (χ3v) is 5.28. The first-order valence-electron chi connectivity index (χ1n) is 11.6. The van der Waals surface area contributed by atoms with Gasteiger partial charge in [0.15, 0.2) is 11.5 Å². The number of ether oxygens (including phenoxy) is 2. The number of nitrogen functional groups attached to an aromatic ring is 1. The highest BCUT2D eigenvalue weighted by atomic mass is 35.5. The highest BCUT2D eigenvalue weighted by Crippen LogP contribution is 2.34. The lowest BCUT2D eigenvalue weighted by Gasteiger charge is -2.22.